The number of carbonyl (C=O) groups excluding carboxylic acids is 1. The van der Waals surface area contributed by atoms with E-state index in [4.69, 9.17) is 14.0 Å². The van der Waals surface area contributed by atoms with Gasteiger partial charge in [0.2, 0.25) is 5.91 Å². The Balaban J connectivity index is 4.50. The number of rotatable bonds is 50. The summed E-state index contributed by atoms with van der Waals surface area (Å²) in [4.78, 5) is 13.0. The molecule has 0 heterocycles. The monoisotopic (exact) mass is 922 g/mol. The Morgan fingerprint density at radius 3 is 1.30 bits per heavy atom. The third-order valence-corrected chi connectivity index (χ3v) is 12.4. The van der Waals surface area contributed by atoms with Crippen molar-refractivity contribution in [2.45, 2.75) is 276 Å². The van der Waals surface area contributed by atoms with Gasteiger partial charge in [0.05, 0.1) is 38.6 Å². The van der Waals surface area contributed by atoms with Crippen LogP contribution in [0.15, 0.2) is 12.2 Å². The highest BCUT2D eigenvalue weighted by Gasteiger charge is 2.27. The number of hydrogen-bond acceptors (Lipinski definition) is 10. The number of hydrogen-bond donors (Lipinski definition) is 6. The van der Waals surface area contributed by atoms with Crippen LogP contribution < -0.4 is 5.32 Å². The van der Waals surface area contributed by atoms with E-state index in [1.54, 1.807) is 6.08 Å². The minimum Gasteiger partial charge on any atom is -0.394 e. The first-order valence-corrected chi connectivity index (χ1v) is 27.4. The minimum absolute atomic E-state index is 0.225. The van der Waals surface area contributed by atoms with Crippen LogP contribution >= 0.6 is 0 Å². The molecule has 6 N–H and O–H groups in total. The highest BCUT2D eigenvalue weighted by molar-refractivity contribution is 7.80. The van der Waals surface area contributed by atoms with Crippen LogP contribution in [0.3, 0.4) is 0 Å². The number of allylic oxidation sites excluding steroid dienone is 1. The molecule has 0 aliphatic heterocycles. The van der Waals surface area contributed by atoms with E-state index < -0.39 is 60.9 Å². The fourth-order valence-corrected chi connectivity index (χ4v) is 8.24. The van der Waals surface area contributed by atoms with Crippen molar-refractivity contribution in [3.63, 3.8) is 0 Å². The molecule has 0 fully saturated rings. The second-order valence-electron chi connectivity index (χ2n) is 18.0. The Morgan fingerprint density at radius 1 is 0.556 bits per heavy atom. The Morgan fingerprint density at radius 2 is 0.937 bits per heavy atom. The van der Waals surface area contributed by atoms with Crippen LogP contribution in [0.2, 0.25) is 0 Å². The molecular formula is C50H99NO11S. The predicted molar refractivity (Wildman–Crippen MR) is 257 cm³/mol. The molecule has 12 nitrogen and oxygen atoms in total. The van der Waals surface area contributed by atoms with Crippen molar-refractivity contribution in [3.8, 4) is 0 Å². The molecule has 1 amide bonds. The molecule has 376 valence electrons. The number of unbranched alkanes of at least 4 members (excludes halogenated alkanes) is 33. The average Bonchev–Trinajstić information content (AvgIpc) is 3.26. The topological polar surface area (TPSA) is 192 Å². The molecule has 0 aromatic carbocycles. The zero-order chi connectivity index (χ0) is 46.5. The number of carbonyl (C=O) groups is 1. The molecule has 0 aromatic rings. The fraction of sp³-hybridized carbons (Fsp3) is 0.940. The SMILES string of the molecule is CCCCCCCCCCCCC/C=C/[C@@H](O)[C@H](COC(CO)OC(CO)C(O)COS(=O)(=O)O)NC(=O)CCCCCCCCCCCCCCCCCCCCCCCCC. The lowest BCUT2D eigenvalue weighted by Gasteiger charge is -2.28. The molecule has 0 radical (unpaired) electrons. The minimum atomic E-state index is -4.84. The van der Waals surface area contributed by atoms with Gasteiger partial charge in [-0.1, -0.05) is 231 Å². The van der Waals surface area contributed by atoms with Crippen molar-refractivity contribution in [1.82, 2.24) is 5.32 Å². The zero-order valence-corrected chi connectivity index (χ0v) is 41.2. The molecule has 0 bridgehead atoms. The zero-order valence-electron chi connectivity index (χ0n) is 40.4. The molecular weight excluding hydrogens is 823 g/mol. The van der Waals surface area contributed by atoms with Gasteiger partial charge in [0.1, 0.15) is 12.2 Å². The van der Waals surface area contributed by atoms with Crippen LogP contribution in [0.25, 0.3) is 0 Å². The molecule has 0 aliphatic rings. The van der Waals surface area contributed by atoms with Crippen molar-refractivity contribution in [1.29, 1.82) is 0 Å². The molecule has 0 spiro atoms. The van der Waals surface area contributed by atoms with Crippen LogP contribution in [-0.2, 0) is 28.9 Å². The van der Waals surface area contributed by atoms with Crippen LogP contribution in [0.5, 0.6) is 0 Å². The molecule has 0 aromatic heterocycles. The van der Waals surface area contributed by atoms with E-state index in [9.17, 15) is 33.6 Å². The van der Waals surface area contributed by atoms with Gasteiger partial charge in [-0.2, -0.15) is 8.42 Å². The summed E-state index contributed by atoms with van der Waals surface area (Å²) in [5.41, 5.74) is 0. The first kappa shape index (κ1) is 61.8. The third kappa shape index (κ3) is 43.2. The maximum atomic E-state index is 13.0. The third-order valence-electron chi connectivity index (χ3n) is 12.0. The van der Waals surface area contributed by atoms with E-state index in [1.165, 1.54) is 180 Å². The molecule has 63 heavy (non-hydrogen) atoms. The summed E-state index contributed by atoms with van der Waals surface area (Å²) in [5.74, 6) is -0.225. The molecule has 3 unspecified atom stereocenters. The Bertz CT molecular complexity index is 1110. The maximum Gasteiger partial charge on any atom is 0.397 e. The summed E-state index contributed by atoms with van der Waals surface area (Å²) in [6.07, 6.45) is 42.7. The van der Waals surface area contributed by atoms with Crippen molar-refractivity contribution >= 4 is 16.3 Å². The van der Waals surface area contributed by atoms with Crippen LogP contribution in [0.4, 0.5) is 0 Å². The summed E-state index contributed by atoms with van der Waals surface area (Å²) in [6, 6.07) is -0.867. The van der Waals surface area contributed by atoms with E-state index >= 15 is 0 Å². The van der Waals surface area contributed by atoms with Crippen LogP contribution in [-0.4, -0.2) is 96.4 Å². The lowest BCUT2D eigenvalue weighted by atomic mass is 10.0. The van der Waals surface area contributed by atoms with Gasteiger partial charge in [-0.25, -0.2) is 4.18 Å². The van der Waals surface area contributed by atoms with Gasteiger partial charge in [-0.15, -0.1) is 0 Å². The second kappa shape index (κ2) is 46.0. The molecule has 0 aliphatic carbocycles. The van der Waals surface area contributed by atoms with E-state index in [0.717, 1.165) is 44.9 Å². The molecule has 0 saturated carbocycles. The quantitative estimate of drug-likeness (QED) is 0.0147. The van der Waals surface area contributed by atoms with Gasteiger partial charge in [0.25, 0.3) is 0 Å². The van der Waals surface area contributed by atoms with Crippen molar-refractivity contribution in [2.24, 2.45) is 0 Å². The summed E-state index contributed by atoms with van der Waals surface area (Å²) in [7, 11) is -4.84. The summed E-state index contributed by atoms with van der Waals surface area (Å²) >= 11 is 0. The largest absolute Gasteiger partial charge is 0.397 e. The van der Waals surface area contributed by atoms with Gasteiger partial charge >= 0.3 is 10.4 Å². The predicted octanol–water partition coefficient (Wildman–Crippen LogP) is 11.4. The lowest BCUT2D eigenvalue weighted by Crippen LogP contribution is -2.47. The number of aliphatic hydroxyl groups excluding tert-OH is 4. The Hall–Kier alpha value is -1.16. The van der Waals surface area contributed by atoms with Gasteiger partial charge in [0, 0.05) is 6.42 Å². The van der Waals surface area contributed by atoms with E-state index in [0.29, 0.717) is 6.42 Å². The van der Waals surface area contributed by atoms with Crippen molar-refractivity contribution in [3.05, 3.63) is 12.2 Å². The van der Waals surface area contributed by atoms with E-state index in [2.05, 4.69) is 23.3 Å². The smallest absolute Gasteiger partial charge is 0.394 e. The second-order valence-corrected chi connectivity index (χ2v) is 19.1. The first-order chi connectivity index (χ1) is 30.6. The standard InChI is InChI=1S/C50H99NO11S/c1-3-5-7-9-11-13-15-17-18-19-20-21-22-23-24-25-26-28-30-32-34-36-38-40-49(56)51-45(43-60-50(42-53)62-48(41-52)47(55)44-61-63(57,58)59)46(54)39-37-35-33-31-29-27-16-14-12-10-8-6-4-2/h37,39,45-48,50,52-55H,3-36,38,40-44H2,1-2H3,(H,51,56)(H,57,58,59)/b39-37+/t45-,46+,47?,48?,50?/m0/s1. The molecule has 0 saturated heterocycles. The van der Waals surface area contributed by atoms with Crippen LogP contribution in [0.1, 0.15) is 245 Å². The average molecular weight is 922 g/mol. The molecule has 13 heteroatoms. The maximum absolute atomic E-state index is 13.0. The van der Waals surface area contributed by atoms with Crippen molar-refractivity contribution < 1.29 is 51.8 Å². The van der Waals surface area contributed by atoms with Gasteiger partial charge in [-0.3, -0.25) is 9.35 Å². The van der Waals surface area contributed by atoms with Gasteiger partial charge in [-0.05, 0) is 19.3 Å². The Labute approximate surface area is 386 Å². The van der Waals surface area contributed by atoms with E-state index in [1.807, 2.05) is 6.08 Å². The summed E-state index contributed by atoms with van der Waals surface area (Å²) in [6.45, 7) is 1.88. The normalized spacial score (nSPS) is 14.6. The number of ether oxygens (including phenoxy) is 2. The molecule has 0 rings (SSSR count). The number of nitrogens with one attached hydrogen (secondary N) is 1. The van der Waals surface area contributed by atoms with Crippen LogP contribution in [0, 0.1) is 0 Å². The van der Waals surface area contributed by atoms with Gasteiger partial charge < -0.3 is 35.2 Å². The number of aliphatic hydroxyl groups is 4. The fourth-order valence-electron chi connectivity index (χ4n) is 7.93. The highest BCUT2D eigenvalue weighted by atomic mass is 32.3. The lowest BCUT2D eigenvalue weighted by molar-refractivity contribution is -0.219. The first-order valence-electron chi connectivity index (χ1n) is 26.0. The van der Waals surface area contributed by atoms with Gasteiger partial charge in [0.15, 0.2) is 6.29 Å². The summed E-state index contributed by atoms with van der Waals surface area (Å²) in [5, 5.41) is 43.7. The highest BCUT2D eigenvalue weighted by Crippen LogP contribution is 2.17. The molecule has 5 atom stereocenters. The van der Waals surface area contributed by atoms with Crippen molar-refractivity contribution in [2.75, 3.05) is 26.4 Å². The Kier molecular flexibility index (Phi) is 45.1. The summed E-state index contributed by atoms with van der Waals surface area (Å²) < 4.78 is 45.8. The van der Waals surface area contributed by atoms with E-state index in [-0.39, 0.29) is 12.5 Å². The number of amides is 1.